The number of rotatable bonds is 6. The van der Waals surface area contributed by atoms with Crippen LogP contribution in [0.15, 0.2) is 18.2 Å². The molecule has 6 nitrogen and oxygen atoms in total. The molecule has 1 amide bonds. The van der Waals surface area contributed by atoms with Crippen LogP contribution in [0.4, 0.5) is 4.79 Å². The third kappa shape index (κ3) is 4.71. The number of carbonyl (C=O) groups excluding carboxylic acids is 2. The second-order valence-electron chi connectivity index (χ2n) is 9.12. The van der Waals surface area contributed by atoms with E-state index in [9.17, 15) is 9.59 Å². The van der Waals surface area contributed by atoms with E-state index in [4.69, 9.17) is 37.4 Å². The van der Waals surface area contributed by atoms with Crippen molar-refractivity contribution in [2.24, 2.45) is 5.41 Å². The third-order valence-electron chi connectivity index (χ3n) is 5.86. The molecule has 1 aliphatic carbocycles. The summed E-state index contributed by atoms with van der Waals surface area (Å²) in [5.41, 5.74) is 0.0348. The number of ether oxygens (including phenoxy) is 3. The number of hydrogen-bond donors (Lipinski definition) is 0. The molecule has 1 aromatic rings. The second-order valence-corrected chi connectivity index (χ2v) is 9.93. The lowest BCUT2D eigenvalue weighted by Gasteiger charge is -2.38. The van der Waals surface area contributed by atoms with Crippen molar-refractivity contribution in [1.82, 2.24) is 4.90 Å². The molecule has 0 N–H and O–H groups in total. The van der Waals surface area contributed by atoms with E-state index in [0.717, 1.165) is 18.4 Å². The minimum atomic E-state index is -0.563. The Kier molecular flexibility index (Phi) is 6.61. The standard InChI is InChI=1S/C22H29Cl2NO5/c1-5-29-18(26)11-28-14-21-12-22(21,15-6-7-16(23)17(24)10-15)8-9-25(13-21)19(27)30-20(2,3)4/h6-7,10H,5,8-9,11-14H2,1-4H3. The number of fused-ring (bicyclic) bond motifs is 1. The lowest BCUT2D eigenvalue weighted by molar-refractivity contribution is -0.149. The molecule has 2 aliphatic rings. The largest absolute Gasteiger partial charge is 0.464 e. The van der Waals surface area contributed by atoms with Crippen molar-refractivity contribution in [3.05, 3.63) is 33.8 Å². The normalized spacial score (nSPS) is 25.5. The number of carbonyl (C=O) groups is 2. The highest BCUT2D eigenvalue weighted by Gasteiger charge is 2.70. The number of nitrogens with zero attached hydrogens (tertiary/aromatic N) is 1. The predicted molar refractivity (Wildman–Crippen MR) is 115 cm³/mol. The fourth-order valence-electron chi connectivity index (χ4n) is 4.46. The summed E-state index contributed by atoms with van der Waals surface area (Å²) in [4.78, 5) is 26.1. The molecule has 0 radical (unpaired) electrons. The van der Waals surface area contributed by atoms with Crippen molar-refractivity contribution in [2.45, 2.75) is 51.6 Å². The Bertz CT molecular complexity index is 824. The van der Waals surface area contributed by atoms with Crippen molar-refractivity contribution in [1.29, 1.82) is 0 Å². The van der Waals surface area contributed by atoms with Crippen LogP contribution in [0.25, 0.3) is 0 Å². The highest BCUT2D eigenvalue weighted by molar-refractivity contribution is 6.42. The Labute approximate surface area is 187 Å². The summed E-state index contributed by atoms with van der Waals surface area (Å²) in [6.07, 6.45) is 1.26. The Morgan fingerprint density at radius 1 is 1.20 bits per heavy atom. The van der Waals surface area contributed by atoms with Crippen molar-refractivity contribution in [3.8, 4) is 0 Å². The van der Waals surface area contributed by atoms with Crippen LogP contribution in [0.5, 0.6) is 0 Å². The maximum absolute atomic E-state index is 12.7. The first-order valence-corrected chi connectivity index (χ1v) is 10.9. The predicted octanol–water partition coefficient (Wildman–Crippen LogP) is 4.84. The maximum atomic E-state index is 12.7. The number of hydrogen-bond acceptors (Lipinski definition) is 5. The maximum Gasteiger partial charge on any atom is 0.410 e. The minimum absolute atomic E-state index is 0.112. The number of piperidine rings is 1. The van der Waals surface area contributed by atoms with E-state index in [1.54, 1.807) is 17.9 Å². The van der Waals surface area contributed by atoms with Gasteiger partial charge in [0.05, 0.1) is 23.3 Å². The van der Waals surface area contributed by atoms with Gasteiger partial charge in [-0.25, -0.2) is 9.59 Å². The molecule has 1 aliphatic heterocycles. The lowest BCUT2D eigenvalue weighted by Crippen LogP contribution is -2.48. The average molecular weight is 458 g/mol. The van der Waals surface area contributed by atoms with Gasteiger partial charge in [0, 0.05) is 23.9 Å². The Hall–Kier alpha value is -1.50. The molecule has 0 bridgehead atoms. The molecule has 1 heterocycles. The highest BCUT2D eigenvalue weighted by Crippen LogP contribution is 2.69. The molecular weight excluding hydrogens is 429 g/mol. The summed E-state index contributed by atoms with van der Waals surface area (Å²) in [6, 6.07) is 5.70. The molecule has 2 atom stereocenters. The van der Waals surface area contributed by atoms with Crippen LogP contribution in [0, 0.1) is 5.41 Å². The van der Waals surface area contributed by atoms with E-state index in [2.05, 4.69) is 0 Å². The zero-order chi connectivity index (χ0) is 22.2. The molecule has 8 heteroatoms. The molecule has 1 aromatic carbocycles. The summed E-state index contributed by atoms with van der Waals surface area (Å²) < 4.78 is 16.3. The van der Waals surface area contributed by atoms with E-state index in [-0.39, 0.29) is 23.5 Å². The van der Waals surface area contributed by atoms with Gasteiger partial charge < -0.3 is 19.1 Å². The monoisotopic (exact) mass is 457 g/mol. The van der Waals surface area contributed by atoms with E-state index in [0.29, 0.717) is 36.3 Å². The van der Waals surface area contributed by atoms with Gasteiger partial charge in [0.25, 0.3) is 0 Å². The summed E-state index contributed by atoms with van der Waals surface area (Å²) in [5.74, 6) is -0.394. The van der Waals surface area contributed by atoms with Gasteiger partial charge in [-0.3, -0.25) is 0 Å². The van der Waals surface area contributed by atoms with Crippen molar-refractivity contribution in [2.75, 3.05) is 32.9 Å². The van der Waals surface area contributed by atoms with Crippen LogP contribution in [-0.2, 0) is 24.4 Å². The molecule has 2 unspecified atom stereocenters. The van der Waals surface area contributed by atoms with Crippen molar-refractivity contribution < 1.29 is 23.8 Å². The van der Waals surface area contributed by atoms with Crippen LogP contribution >= 0.6 is 23.2 Å². The number of benzene rings is 1. The number of esters is 1. The summed E-state index contributed by atoms with van der Waals surface area (Å²) in [5, 5.41) is 1.01. The Morgan fingerprint density at radius 2 is 1.93 bits per heavy atom. The summed E-state index contributed by atoms with van der Waals surface area (Å²) in [7, 11) is 0. The second kappa shape index (κ2) is 8.56. The van der Waals surface area contributed by atoms with Gasteiger partial charge in [0.1, 0.15) is 12.2 Å². The van der Waals surface area contributed by atoms with E-state index >= 15 is 0 Å². The van der Waals surface area contributed by atoms with Gasteiger partial charge in [0.2, 0.25) is 0 Å². The topological polar surface area (TPSA) is 65.1 Å². The SMILES string of the molecule is CCOC(=O)COCC12CN(C(=O)OC(C)(C)C)CCC1(c1ccc(Cl)c(Cl)c1)C2. The zero-order valence-corrected chi connectivity index (χ0v) is 19.4. The van der Waals surface area contributed by atoms with E-state index in [1.165, 1.54) is 0 Å². The van der Waals surface area contributed by atoms with E-state index in [1.807, 2.05) is 32.9 Å². The summed E-state index contributed by atoms with van der Waals surface area (Å²) in [6.45, 7) is 8.92. The number of halogens is 2. The van der Waals surface area contributed by atoms with Crippen LogP contribution in [0.3, 0.4) is 0 Å². The molecule has 3 rings (SSSR count). The summed E-state index contributed by atoms with van der Waals surface area (Å²) >= 11 is 12.4. The zero-order valence-electron chi connectivity index (χ0n) is 17.9. The van der Waals surface area contributed by atoms with Gasteiger partial charge in [-0.05, 0) is 58.2 Å². The van der Waals surface area contributed by atoms with Gasteiger partial charge in [-0.2, -0.15) is 0 Å². The van der Waals surface area contributed by atoms with Crippen LogP contribution in [-0.4, -0.2) is 55.5 Å². The van der Waals surface area contributed by atoms with Crippen molar-refractivity contribution >= 4 is 35.3 Å². The molecule has 0 aromatic heterocycles. The Balaban J connectivity index is 1.79. The van der Waals surface area contributed by atoms with Gasteiger partial charge >= 0.3 is 12.1 Å². The minimum Gasteiger partial charge on any atom is -0.464 e. The average Bonchev–Trinajstić information content (AvgIpc) is 3.32. The molecule has 1 saturated heterocycles. The first-order valence-electron chi connectivity index (χ1n) is 10.2. The smallest absolute Gasteiger partial charge is 0.410 e. The Morgan fingerprint density at radius 3 is 2.57 bits per heavy atom. The quantitative estimate of drug-likeness (QED) is 0.571. The van der Waals surface area contributed by atoms with E-state index < -0.39 is 11.6 Å². The fraction of sp³-hybridized carbons (Fsp3) is 0.636. The number of amides is 1. The first-order chi connectivity index (χ1) is 14.0. The number of likely N-dealkylation sites (tertiary alicyclic amines) is 1. The van der Waals surface area contributed by atoms with Gasteiger partial charge in [-0.1, -0.05) is 29.3 Å². The molecule has 166 valence electrons. The van der Waals surface area contributed by atoms with Crippen LogP contribution in [0.2, 0.25) is 10.0 Å². The van der Waals surface area contributed by atoms with Crippen LogP contribution < -0.4 is 0 Å². The molecular formula is C22H29Cl2NO5. The first kappa shape index (κ1) is 23.2. The van der Waals surface area contributed by atoms with Crippen LogP contribution in [0.1, 0.15) is 46.1 Å². The molecule has 30 heavy (non-hydrogen) atoms. The highest BCUT2D eigenvalue weighted by atomic mass is 35.5. The molecule has 2 fully saturated rings. The fourth-order valence-corrected chi connectivity index (χ4v) is 4.76. The molecule has 0 spiro atoms. The van der Waals surface area contributed by atoms with Gasteiger partial charge in [0.15, 0.2) is 0 Å². The lowest BCUT2D eigenvalue weighted by atomic mass is 9.80. The van der Waals surface area contributed by atoms with Gasteiger partial charge in [-0.15, -0.1) is 0 Å². The van der Waals surface area contributed by atoms with Crippen molar-refractivity contribution in [3.63, 3.8) is 0 Å². The third-order valence-corrected chi connectivity index (χ3v) is 6.60. The molecule has 1 saturated carbocycles.